The van der Waals surface area contributed by atoms with Crippen molar-refractivity contribution < 1.29 is 9.84 Å². The monoisotopic (exact) mass is 235 g/mol. The van der Waals surface area contributed by atoms with Crippen LogP contribution in [0.1, 0.15) is 43.5 Å². The molecular weight excluding hydrogens is 214 g/mol. The first-order chi connectivity index (χ1) is 8.19. The van der Waals surface area contributed by atoms with Gasteiger partial charge in [-0.1, -0.05) is 6.07 Å². The molecule has 0 bridgehead atoms. The normalized spacial score (nSPS) is 25.4. The number of aliphatic hydroxyl groups is 1. The predicted molar refractivity (Wildman–Crippen MR) is 66.7 cm³/mol. The third-order valence-corrected chi connectivity index (χ3v) is 3.47. The Balaban J connectivity index is 1.78. The van der Waals surface area contributed by atoms with Gasteiger partial charge in [-0.2, -0.15) is 0 Å². The molecule has 94 valence electrons. The summed E-state index contributed by atoms with van der Waals surface area (Å²) in [4.78, 5) is 4.21. The lowest BCUT2D eigenvalue weighted by Gasteiger charge is -2.36. The van der Waals surface area contributed by atoms with Crippen molar-refractivity contribution in [2.75, 3.05) is 6.61 Å². The molecule has 3 nitrogen and oxygen atoms in total. The van der Waals surface area contributed by atoms with Crippen LogP contribution in [0.25, 0.3) is 0 Å². The molecule has 0 aromatic carbocycles. The Bertz CT molecular complexity index is 344. The van der Waals surface area contributed by atoms with E-state index in [1.807, 2.05) is 26.0 Å². The molecule has 1 N–H and O–H groups in total. The van der Waals surface area contributed by atoms with Gasteiger partial charge in [0.05, 0.1) is 12.2 Å². The maximum Gasteiger partial charge on any atom is 0.0807 e. The van der Waals surface area contributed by atoms with E-state index in [4.69, 9.17) is 4.74 Å². The van der Waals surface area contributed by atoms with Crippen LogP contribution in [0.3, 0.4) is 0 Å². The van der Waals surface area contributed by atoms with Crippen molar-refractivity contribution >= 4 is 0 Å². The maximum absolute atomic E-state index is 10.1. The van der Waals surface area contributed by atoms with Gasteiger partial charge in [-0.15, -0.1) is 0 Å². The van der Waals surface area contributed by atoms with Crippen LogP contribution in [0, 0.1) is 12.8 Å². The fraction of sp³-hybridized carbons (Fsp3) is 0.643. The van der Waals surface area contributed by atoms with Gasteiger partial charge >= 0.3 is 0 Å². The van der Waals surface area contributed by atoms with Crippen molar-refractivity contribution in [2.45, 2.75) is 45.3 Å². The molecule has 3 heteroatoms. The molecule has 0 saturated heterocycles. The standard InChI is InChI=1S/C14H21NO2/c1-3-17-13-6-11(7-13)8-14(16)12-5-4-10(2)15-9-12/h4-5,9,11,13-14,16H,3,6-8H2,1-2H3. The van der Waals surface area contributed by atoms with Crippen molar-refractivity contribution in [3.8, 4) is 0 Å². The number of hydrogen-bond donors (Lipinski definition) is 1. The number of aryl methyl sites for hydroxylation is 1. The Morgan fingerprint density at radius 3 is 2.82 bits per heavy atom. The Kier molecular flexibility index (Phi) is 4.13. The van der Waals surface area contributed by atoms with E-state index in [-0.39, 0.29) is 6.10 Å². The Morgan fingerprint density at radius 2 is 2.24 bits per heavy atom. The number of rotatable bonds is 5. The predicted octanol–water partition coefficient (Wildman–Crippen LogP) is 2.63. The molecule has 1 atom stereocenters. The molecule has 0 aliphatic heterocycles. The fourth-order valence-corrected chi connectivity index (χ4v) is 2.37. The molecule has 1 aromatic rings. The Morgan fingerprint density at radius 1 is 1.47 bits per heavy atom. The smallest absolute Gasteiger partial charge is 0.0807 e. The van der Waals surface area contributed by atoms with E-state index in [0.717, 1.165) is 37.1 Å². The van der Waals surface area contributed by atoms with Crippen LogP contribution in [0.4, 0.5) is 0 Å². The SMILES string of the molecule is CCOC1CC(CC(O)c2ccc(C)nc2)C1. The lowest BCUT2D eigenvalue weighted by atomic mass is 9.78. The van der Waals surface area contributed by atoms with Crippen LogP contribution in [0.5, 0.6) is 0 Å². The summed E-state index contributed by atoms with van der Waals surface area (Å²) < 4.78 is 5.52. The fourth-order valence-electron chi connectivity index (χ4n) is 2.37. The minimum absolute atomic E-state index is 0.379. The Hall–Kier alpha value is -0.930. The van der Waals surface area contributed by atoms with E-state index in [0.29, 0.717) is 12.0 Å². The number of hydrogen-bond acceptors (Lipinski definition) is 3. The molecule has 17 heavy (non-hydrogen) atoms. The second-order valence-corrected chi connectivity index (χ2v) is 4.90. The zero-order valence-electron chi connectivity index (χ0n) is 10.6. The van der Waals surface area contributed by atoms with Gasteiger partial charge in [0.15, 0.2) is 0 Å². The summed E-state index contributed by atoms with van der Waals surface area (Å²) in [5, 5.41) is 10.1. The summed E-state index contributed by atoms with van der Waals surface area (Å²) in [7, 11) is 0. The quantitative estimate of drug-likeness (QED) is 0.853. The minimum Gasteiger partial charge on any atom is -0.388 e. The summed E-state index contributed by atoms with van der Waals surface area (Å²) in [5.74, 6) is 0.600. The van der Waals surface area contributed by atoms with Crippen LogP contribution in [-0.4, -0.2) is 22.8 Å². The van der Waals surface area contributed by atoms with Crippen molar-refractivity contribution in [1.29, 1.82) is 0 Å². The summed E-state index contributed by atoms with van der Waals surface area (Å²) in [5.41, 5.74) is 1.91. The van der Waals surface area contributed by atoms with Crippen LogP contribution in [0.15, 0.2) is 18.3 Å². The molecule has 0 amide bonds. The van der Waals surface area contributed by atoms with Crippen molar-refractivity contribution in [2.24, 2.45) is 5.92 Å². The summed E-state index contributed by atoms with van der Waals surface area (Å²) in [6.07, 6.45) is 4.82. The maximum atomic E-state index is 10.1. The van der Waals surface area contributed by atoms with Gasteiger partial charge < -0.3 is 9.84 Å². The van der Waals surface area contributed by atoms with Crippen LogP contribution in [0.2, 0.25) is 0 Å². The molecule has 0 radical (unpaired) electrons. The zero-order valence-corrected chi connectivity index (χ0v) is 10.6. The molecule has 1 aromatic heterocycles. The summed E-state index contributed by atoms with van der Waals surface area (Å²) in [6.45, 7) is 4.77. The molecule has 1 unspecified atom stereocenters. The van der Waals surface area contributed by atoms with Crippen molar-refractivity contribution in [3.05, 3.63) is 29.6 Å². The summed E-state index contributed by atoms with van der Waals surface area (Å²) in [6, 6.07) is 3.91. The number of pyridine rings is 1. The van der Waals surface area contributed by atoms with Crippen LogP contribution >= 0.6 is 0 Å². The first-order valence-electron chi connectivity index (χ1n) is 6.41. The molecule has 1 saturated carbocycles. The van der Waals surface area contributed by atoms with Crippen molar-refractivity contribution in [3.63, 3.8) is 0 Å². The summed E-state index contributed by atoms with van der Waals surface area (Å²) >= 11 is 0. The molecule has 1 aliphatic rings. The van der Waals surface area contributed by atoms with E-state index in [2.05, 4.69) is 4.98 Å². The third-order valence-electron chi connectivity index (χ3n) is 3.47. The molecule has 1 heterocycles. The van der Waals surface area contributed by atoms with Gasteiger partial charge in [0.2, 0.25) is 0 Å². The average Bonchev–Trinajstić information content (AvgIpc) is 2.27. The topological polar surface area (TPSA) is 42.4 Å². The first kappa shape index (κ1) is 12.5. The molecule has 1 fully saturated rings. The average molecular weight is 235 g/mol. The highest BCUT2D eigenvalue weighted by Gasteiger charge is 2.31. The molecule has 0 spiro atoms. The lowest BCUT2D eigenvalue weighted by Crippen LogP contribution is -2.32. The number of aliphatic hydroxyl groups excluding tert-OH is 1. The molecular formula is C14H21NO2. The minimum atomic E-state index is -0.379. The van der Waals surface area contributed by atoms with Crippen LogP contribution < -0.4 is 0 Å². The van der Waals surface area contributed by atoms with Gasteiger partial charge in [-0.05, 0) is 50.7 Å². The highest BCUT2D eigenvalue weighted by Crippen LogP contribution is 2.36. The number of aromatic nitrogens is 1. The van der Waals surface area contributed by atoms with E-state index in [1.165, 1.54) is 0 Å². The highest BCUT2D eigenvalue weighted by atomic mass is 16.5. The van der Waals surface area contributed by atoms with Gasteiger partial charge in [-0.3, -0.25) is 4.98 Å². The van der Waals surface area contributed by atoms with Crippen molar-refractivity contribution in [1.82, 2.24) is 4.98 Å². The Labute approximate surface area is 103 Å². The van der Waals surface area contributed by atoms with Gasteiger partial charge in [-0.25, -0.2) is 0 Å². The van der Waals surface area contributed by atoms with E-state index >= 15 is 0 Å². The molecule has 2 rings (SSSR count). The third kappa shape index (κ3) is 3.27. The van der Waals surface area contributed by atoms with Gasteiger partial charge in [0.25, 0.3) is 0 Å². The highest BCUT2D eigenvalue weighted by molar-refractivity contribution is 5.15. The lowest BCUT2D eigenvalue weighted by molar-refractivity contribution is -0.0380. The van der Waals surface area contributed by atoms with E-state index in [1.54, 1.807) is 6.20 Å². The van der Waals surface area contributed by atoms with E-state index < -0.39 is 0 Å². The van der Waals surface area contributed by atoms with E-state index in [9.17, 15) is 5.11 Å². The second-order valence-electron chi connectivity index (χ2n) is 4.90. The zero-order chi connectivity index (χ0) is 12.3. The van der Waals surface area contributed by atoms with Crippen LogP contribution in [-0.2, 0) is 4.74 Å². The number of nitrogens with zero attached hydrogens (tertiary/aromatic N) is 1. The number of ether oxygens (including phenoxy) is 1. The largest absolute Gasteiger partial charge is 0.388 e. The van der Waals surface area contributed by atoms with Gasteiger partial charge in [0.1, 0.15) is 0 Å². The van der Waals surface area contributed by atoms with Gasteiger partial charge in [0, 0.05) is 18.5 Å². The first-order valence-corrected chi connectivity index (χ1v) is 6.41. The second kappa shape index (κ2) is 5.61. The molecule has 1 aliphatic carbocycles.